The quantitative estimate of drug-likeness (QED) is 0.546. The van der Waals surface area contributed by atoms with Crippen molar-refractivity contribution >= 4 is 11.8 Å². The minimum atomic E-state index is 0.477. The van der Waals surface area contributed by atoms with Crippen molar-refractivity contribution in [3.63, 3.8) is 0 Å². The molecule has 0 saturated carbocycles. The fraction of sp³-hybridized carbons (Fsp3) is 0.429. The van der Waals surface area contributed by atoms with Crippen LogP contribution in [0.3, 0.4) is 0 Å². The van der Waals surface area contributed by atoms with Crippen LogP contribution in [-0.2, 0) is 0 Å². The van der Waals surface area contributed by atoms with E-state index < -0.39 is 0 Å². The number of thioether (sulfide) groups is 1. The molecule has 0 spiro atoms. The van der Waals surface area contributed by atoms with Crippen molar-refractivity contribution in [2.75, 3.05) is 14.1 Å². The van der Waals surface area contributed by atoms with Gasteiger partial charge in [-0.1, -0.05) is 12.7 Å². The Bertz CT molecular complexity index is 149. The molecule has 0 amide bonds. The average molecular weight is 141 g/mol. The fourth-order valence-electron chi connectivity index (χ4n) is 0.824. The van der Waals surface area contributed by atoms with Gasteiger partial charge >= 0.3 is 0 Å². The molecule has 2 heteroatoms. The highest BCUT2D eigenvalue weighted by molar-refractivity contribution is 8.03. The van der Waals surface area contributed by atoms with Gasteiger partial charge in [0.2, 0.25) is 0 Å². The maximum Gasteiger partial charge on any atom is 0.0844 e. The molecule has 1 atom stereocenters. The topological polar surface area (TPSA) is 3.24 Å². The molecule has 0 aromatic rings. The molecule has 1 unspecified atom stereocenters. The van der Waals surface area contributed by atoms with Crippen LogP contribution in [0.2, 0.25) is 0 Å². The summed E-state index contributed by atoms with van der Waals surface area (Å²) in [5, 5.41) is 2.57. The minimum Gasteiger partial charge on any atom is -0.294 e. The Balaban J connectivity index is 2.56. The van der Waals surface area contributed by atoms with E-state index in [9.17, 15) is 0 Å². The van der Waals surface area contributed by atoms with Gasteiger partial charge in [-0.15, -0.1) is 11.8 Å². The summed E-state index contributed by atoms with van der Waals surface area (Å²) in [6.07, 6.45) is 2.06. The van der Waals surface area contributed by atoms with Gasteiger partial charge in [-0.2, -0.15) is 0 Å². The smallest absolute Gasteiger partial charge is 0.0844 e. The second-order valence-corrected chi connectivity index (χ2v) is 3.32. The molecule has 0 aromatic carbocycles. The molecule has 9 heavy (non-hydrogen) atoms. The molecule has 0 saturated heterocycles. The molecule has 1 heterocycles. The third kappa shape index (κ3) is 1.37. The highest BCUT2D eigenvalue weighted by atomic mass is 32.2. The summed E-state index contributed by atoms with van der Waals surface area (Å²) in [6.45, 7) is 3.91. The zero-order chi connectivity index (χ0) is 6.85. The van der Waals surface area contributed by atoms with Crippen LogP contribution in [0.5, 0.6) is 0 Å². The molecule has 1 rings (SSSR count). The van der Waals surface area contributed by atoms with E-state index >= 15 is 0 Å². The third-order valence-electron chi connectivity index (χ3n) is 1.28. The Morgan fingerprint density at radius 2 is 2.33 bits per heavy atom. The molecule has 0 fully saturated rings. The van der Waals surface area contributed by atoms with Gasteiger partial charge in [0.25, 0.3) is 0 Å². The number of hydrogen-bond acceptors (Lipinski definition) is 2. The molecule has 0 N–H and O–H groups in total. The Morgan fingerprint density at radius 3 is 2.56 bits per heavy atom. The molecule has 1 nitrogen and oxygen atoms in total. The molecule has 0 aromatic heterocycles. The largest absolute Gasteiger partial charge is 0.294 e. The fourth-order valence-corrected chi connectivity index (χ4v) is 1.72. The highest BCUT2D eigenvalue weighted by Gasteiger charge is 2.15. The third-order valence-corrected chi connectivity index (χ3v) is 2.55. The van der Waals surface area contributed by atoms with Gasteiger partial charge in [-0.05, 0) is 25.1 Å². The van der Waals surface area contributed by atoms with Crippen LogP contribution in [0, 0.1) is 0 Å². The van der Waals surface area contributed by atoms with Crippen molar-refractivity contribution in [1.29, 1.82) is 0 Å². The van der Waals surface area contributed by atoms with Crippen LogP contribution >= 0.6 is 11.8 Å². The lowest BCUT2D eigenvalue weighted by Crippen LogP contribution is -2.23. The summed E-state index contributed by atoms with van der Waals surface area (Å²) in [5.41, 5.74) is 1.20. The van der Waals surface area contributed by atoms with Crippen LogP contribution in [0.15, 0.2) is 23.6 Å². The Morgan fingerprint density at radius 1 is 1.67 bits per heavy atom. The van der Waals surface area contributed by atoms with Gasteiger partial charge in [0.1, 0.15) is 0 Å². The lowest BCUT2D eigenvalue weighted by molar-refractivity contribution is 0.422. The van der Waals surface area contributed by atoms with Crippen molar-refractivity contribution in [1.82, 2.24) is 4.90 Å². The number of nitrogens with zero attached hydrogens (tertiary/aromatic N) is 1. The first-order chi connectivity index (χ1) is 4.22. The van der Waals surface area contributed by atoms with Crippen LogP contribution in [0.25, 0.3) is 0 Å². The van der Waals surface area contributed by atoms with Crippen molar-refractivity contribution in [2.45, 2.75) is 5.37 Å². The summed E-state index contributed by atoms with van der Waals surface area (Å²) >= 11 is 1.80. The molecule has 0 bridgehead atoms. The molecule has 0 aliphatic carbocycles. The first kappa shape index (κ1) is 6.90. The van der Waals surface area contributed by atoms with Gasteiger partial charge < -0.3 is 0 Å². The van der Waals surface area contributed by atoms with E-state index in [4.69, 9.17) is 0 Å². The van der Waals surface area contributed by atoms with E-state index in [0.29, 0.717) is 5.37 Å². The zero-order valence-electron chi connectivity index (χ0n) is 5.79. The Kier molecular flexibility index (Phi) is 1.98. The van der Waals surface area contributed by atoms with E-state index in [1.165, 1.54) is 5.57 Å². The van der Waals surface area contributed by atoms with Crippen molar-refractivity contribution in [2.24, 2.45) is 0 Å². The normalized spacial score (nSPS) is 26.1. The maximum atomic E-state index is 3.91. The van der Waals surface area contributed by atoms with Gasteiger partial charge in [-0.25, -0.2) is 0 Å². The second-order valence-electron chi connectivity index (χ2n) is 2.33. The molecular weight excluding hydrogens is 130 g/mol. The number of likely N-dealkylation sites (N-methyl/N-ethyl adjacent to an activating group) is 1. The maximum absolute atomic E-state index is 3.91. The Labute approximate surface area is 60.4 Å². The van der Waals surface area contributed by atoms with Crippen LogP contribution in [0.1, 0.15) is 0 Å². The van der Waals surface area contributed by atoms with Crippen molar-refractivity contribution in [3.8, 4) is 0 Å². The summed E-state index contributed by atoms with van der Waals surface area (Å²) < 4.78 is 0. The minimum absolute atomic E-state index is 0.477. The predicted octanol–water partition coefficient (Wildman–Crippen LogP) is 1.69. The lowest BCUT2D eigenvalue weighted by Gasteiger charge is -2.18. The first-order valence-electron chi connectivity index (χ1n) is 2.89. The summed E-state index contributed by atoms with van der Waals surface area (Å²) in [5.74, 6) is 0. The van der Waals surface area contributed by atoms with Crippen LogP contribution in [-0.4, -0.2) is 24.4 Å². The van der Waals surface area contributed by atoms with Crippen LogP contribution < -0.4 is 0 Å². The number of hydrogen-bond donors (Lipinski definition) is 0. The zero-order valence-corrected chi connectivity index (χ0v) is 6.61. The summed E-state index contributed by atoms with van der Waals surface area (Å²) in [7, 11) is 4.13. The molecule has 0 radical (unpaired) electrons. The van der Waals surface area contributed by atoms with Crippen LogP contribution in [0.4, 0.5) is 0 Å². The van der Waals surface area contributed by atoms with Gasteiger partial charge in [0.15, 0.2) is 0 Å². The Hall–Kier alpha value is -0.210. The second kappa shape index (κ2) is 2.58. The number of rotatable bonds is 1. The molecular formula is C7H11NS. The molecule has 50 valence electrons. The summed E-state index contributed by atoms with van der Waals surface area (Å²) in [4.78, 5) is 2.16. The van der Waals surface area contributed by atoms with E-state index in [1.807, 2.05) is 0 Å². The van der Waals surface area contributed by atoms with Gasteiger partial charge in [0, 0.05) is 0 Å². The van der Waals surface area contributed by atoms with E-state index in [0.717, 1.165) is 0 Å². The molecule has 1 aliphatic heterocycles. The lowest BCUT2D eigenvalue weighted by atomic mass is 10.3. The first-order valence-corrected chi connectivity index (χ1v) is 3.83. The molecule has 1 aliphatic rings. The van der Waals surface area contributed by atoms with E-state index in [1.54, 1.807) is 11.8 Å². The van der Waals surface area contributed by atoms with E-state index in [2.05, 4.69) is 37.1 Å². The van der Waals surface area contributed by atoms with Crippen molar-refractivity contribution in [3.05, 3.63) is 23.6 Å². The average Bonchev–Trinajstić information content (AvgIpc) is 2.13. The SMILES string of the molecule is C=C1C=CSC1N(C)C. The standard InChI is InChI=1S/C7H11NS/c1-6-4-5-9-7(6)8(2)3/h4-5,7H,1H2,2-3H3. The van der Waals surface area contributed by atoms with Gasteiger partial charge in [-0.3, -0.25) is 4.90 Å². The van der Waals surface area contributed by atoms with Crippen molar-refractivity contribution < 1.29 is 0 Å². The summed E-state index contributed by atoms with van der Waals surface area (Å²) in [6, 6.07) is 0. The highest BCUT2D eigenvalue weighted by Crippen LogP contribution is 2.28. The van der Waals surface area contributed by atoms with Gasteiger partial charge in [0.05, 0.1) is 5.37 Å². The predicted molar refractivity (Wildman–Crippen MR) is 43.3 cm³/mol. The monoisotopic (exact) mass is 141 g/mol. The van der Waals surface area contributed by atoms with E-state index in [-0.39, 0.29) is 0 Å².